The zero-order valence-electron chi connectivity index (χ0n) is 9.29. The molecule has 0 aromatic carbocycles. The molecule has 0 radical (unpaired) electrons. The molecule has 3 nitrogen and oxygen atoms in total. The number of terminal acetylenes is 1. The van der Waals surface area contributed by atoms with Gasteiger partial charge in [0.15, 0.2) is 0 Å². The Morgan fingerprint density at radius 1 is 1.57 bits per heavy atom. The molecule has 1 atom stereocenters. The average molecular weight is 196 g/mol. The molecule has 0 aliphatic carbocycles. The molecule has 0 spiro atoms. The van der Waals surface area contributed by atoms with Crippen molar-refractivity contribution < 1.29 is 4.79 Å². The van der Waals surface area contributed by atoms with Crippen molar-refractivity contribution in [2.75, 3.05) is 13.1 Å². The van der Waals surface area contributed by atoms with Crippen molar-refractivity contribution in [2.24, 2.45) is 11.7 Å². The van der Waals surface area contributed by atoms with Gasteiger partial charge in [-0.05, 0) is 19.3 Å². The molecule has 0 aliphatic rings. The quantitative estimate of drug-likeness (QED) is 0.662. The van der Waals surface area contributed by atoms with E-state index < -0.39 is 6.04 Å². The third-order valence-electron chi connectivity index (χ3n) is 2.02. The van der Waals surface area contributed by atoms with Crippen molar-refractivity contribution in [3.8, 4) is 12.3 Å². The Labute approximate surface area is 86.6 Å². The number of nitrogens with zero attached hydrogens (tertiary/aromatic N) is 1. The molecule has 0 bridgehead atoms. The molecule has 14 heavy (non-hydrogen) atoms. The Bertz CT molecular complexity index is 218. The molecule has 1 unspecified atom stereocenters. The molecule has 0 fully saturated rings. The van der Waals surface area contributed by atoms with Crippen LogP contribution in [0.25, 0.3) is 0 Å². The fourth-order valence-corrected chi connectivity index (χ4v) is 1.30. The summed E-state index contributed by atoms with van der Waals surface area (Å²) in [6, 6.07) is -0.414. The van der Waals surface area contributed by atoms with Crippen LogP contribution >= 0.6 is 0 Å². The van der Waals surface area contributed by atoms with E-state index in [2.05, 4.69) is 5.92 Å². The number of nitrogens with two attached hydrogens (primary N) is 1. The van der Waals surface area contributed by atoms with Crippen molar-refractivity contribution in [2.45, 2.75) is 33.2 Å². The number of amides is 1. The number of hydrogen-bond donors (Lipinski definition) is 1. The van der Waals surface area contributed by atoms with Gasteiger partial charge in [-0.3, -0.25) is 4.79 Å². The molecular formula is C11H20N2O. The topological polar surface area (TPSA) is 46.3 Å². The van der Waals surface area contributed by atoms with Gasteiger partial charge in [0.1, 0.15) is 0 Å². The first kappa shape index (κ1) is 13.0. The summed E-state index contributed by atoms with van der Waals surface area (Å²) in [7, 11) is 0. The number of likely N-dealkylation sites (N-methyl/N-ethyl adjacent to an activating group) is 1. The van der Waals surface area contributed by atoms with Gasteiger partial charge in [0, 0.05) is 6.54 Å². The Balaban J connectivity index is 4.21. The van der Waals surface area contributed by atoms with Gasteiger partial charge >= 0.3 is 0 Å². The molecule has 0 saturated carbocycles. The molecule has 0 aromatic rings. The minimum absolute atomic E-state index is 0.0425. The maximum absolute atomic E-state index is 11.7. The van der Waals surface area contributed by atoms with Crippen LogP contribution in [0.3, 0.4) is 0 Å². The molecule has 2 N–H and O–H groups in total. The van der Waals surface area contributed by atoms with Crippen LogP contribution in [0, 0.1) is 18.3 Å². The highest BCUT2D eigenvalue weighted by Crippen LogP contribution is 2.05. The van der Waals surface area contributed by atoms with Crippen LogP contribution in [0.2, 0.25) is 0 Å². The van der Waals surface area contributed by atoms with Gasteiger partial charge in [-0.25, -0.2) is 0 Å². The second-order valence-electron chi connectivity index (χ2n) is 3.79. The van der Waals surface area contributed by atoms with E-state index in [0.29, 0.717) is 25.4 Å². The maximum Gasteiger partial charge on any atom is 0.240 e. The summed E-state index contributed by atoms with van der Waals surface area (Å²) >= 11 is 0. The van der Waals surface area contributed by atoms with Crippen molar-refractivity contribution in [3.05, 3.63) is 0 Å². The average Bonchev–Trinajstić information content (AvgIpc) is 2.12. The van der Waals surface area contributed by atoms with Gasteiger partial charge in [-0.1, -0.05) is 19.8 Å². The molecule has 0 rings (SSSR count). The van der Waals surface area contributed by atoms with Gasteiger partial charge in [-0.15, -0.1) is 6.42 Å². The van der Waals surface area contributed by atoms with Crippen molar-refractivity contribution in [3.63, 3.8) is 0 Å². The first-order chi connectivity index (χ1) is 6.52. The molecule has 0 heterocycles. The Kier molecular flexibility index (Phi) is 5.98. The molecule has 3 heteroatoms. The SMILES string of the molecule is C#CCN(CC)C(=O)C(N)CC(C)C. The highest BCUT2D eigenvalue weighted by molar-refractivity contribution is 5.81. The highest BCUT2D eigenvalue weighted by Gasteiger charge is 2.19. The number of carbonyl (C=O) groups excluding carboxylic acids is 1. The minimum Gasteiger partial charge on any atom is -0.330 e. The van der Waals surface area contributed by atoms with E-state index in [0.717, 1.165) is 0 Å². The molecule has 0 aromatic heterocycles. The molecule has 1 amide bonds. The van der Waals surface area contributed by atoms with E-state index in [1.54, 1.807) is 4.90 Å². The van der Waals surface area contributed by atoms with Crippen molar-refractivity contribution in [1.29, 1.82) is 0 Å². The summed E-state index contributed by atoms with van der Waals surface area (Å²) < 4.78 is 0. The molecular weight excluding hydrogens is 176 g/mol. The summed E-state index contributed by atoms with van der Waals surface area (Å²) in [6.45, 7) is 6.96. The van der Waals surface area contributed by atoms with E-state index >= 15 is 0 Å². The molecule has 0 aliphatic heterocycles. The largest absolute Gasteiger partial charge is 0.330 e. The number of carbonyl (C=O) groups is 1. The summed E-state index contributed by atoms with van der Waals surface area (Å²) in [6.07, 6.45) is 5.87. The first-order valence-corrected chi connectivity index (χ1v) is 5.00. The fourth-order valence-electron chi connectivity index (χ4n) is 1.30. The predicted octanol–water partition coefficient (Wildman–Crippen LogP) is 0.841. The van der Waals surface area contributed by atoms with Gasteiger partial charge < -0.3 is 10.6 Å². The zero-order chi connectivity index (χ0) is 11.1. The second kappa shape index (κ2) is 6.44. The Hall–Kier alpha value is -1.01. The highest BCUT2D eigenvalue weighted by atomic mass is 16.2. The lowest BCUT2D eigenvalue weighted by molar-refractivity contribution is -0.132. The summed E-state index contributed by atoms with van der Waals surface area (Å²) in [5, 5.41) is 0. The minimum atomic E-state index is -0.414. The van der Waals surface area contributed by atoms with Crippen LogP contribution in [0.5, 0.6) is 0 Å². The second-order valence-corrected chi connectivity index (χ2v) is 3.79. The van der Waals surface area contributed by atoms with Crippen LogP contribution in [-0.4, -0.2) is 29.9 Å². The summed E-state index contributed by atoms with van der Waals surface area (Å²) in [5.41, 5.74) is 5.77. The summed E-state index contributed by atoms with van der Waals surface area (Å²) in [5.74, 6) is 2.84. The predicted molar refractivity (Wildman–Crippen MR) is 58.5 cm³/mol. The Morgan fingerprint density at radius 2 is 2.14 bits per heavy atom. The lowest BCUT2D eigenvalue weighted by Gasteiger charge is -2.23. The first-order valence-electron chi connectivity index (χ1n) is 5.00. The number of rotatable bonds is 5. The van der Waals surface area contributed by atoms with Gasteiger partial charge in [0.05, 0.1) is 12.6 Å². The monoisotopic (exact) mass is 196 g/mol. The van der Waals surface area contributed by atoms with E-state index in [1.165, 1.54) is 0 Å². The normalized spacial score (nSPS) is 12.3. The van der Waals surface area contributed by atoms with E-state index in [1.807, 2.05) is 20.8 Å². The molecule has 0 saturated heterocycles. The van der Waals surface area contributed by atoms with Crippen LogP contribution in [0.1, 0.15) is 27.2 Å². The van der Waals surface area contributed by atoms with Gasteiger partial charge in [0.2, 0.25) is 5.91 Å². The van der Waals surface area contributed by atoms with Crippen LogP contribution in [-0.2, 0) is 4.79 Å². The zero-order valence-corrected chi connectivity index (χ0v) is 9.29. The van der Waals surface area contributed by atoms with Gasteiger partial charge in [-0.2, -0.15) is 0 Å². The lowest BCUT2D eigenvalue weighted by atomic mass is 10.0. The van der Waals surface area contributed by atoms with E-state index in [-0.39, 0.29) is 5.91 Å². The number of hydrogen-bond acceptors (Lipinski definition) is 2. The lowest BCUT2D eigenvalue weighted by Crippen LogP contribution is -2.44. The van der Waals surface area contributed by atoms with E-state index in [4.69, 9.17) is 12.2 Å². The molecule has 80 valence electrons. The van der Waals surface area contributed by atoms with E-state index in [9.17, 15) is 4.79 Å². The fraction of sp³-hybridized carbons (Fsp3) is 0.727. The van der Waals surface area contributed by atoms with Gasteiger partial charge in [0.25, 0.3) is 0 Å². The third-order valence-corrected chi connectivity index (χ3v) is 2.02. The smallest absolute Gasteiger partial charge is 0.240 e. The summed E-state index contributed by atoms with van der Waals surface area (Å²) in [4.78, 5) is 13.3. The Morgan fingerprint density at radius 3 is 2.50 bits per heavy atom. The van der Waals surface area contributed by atoms with Crippen LogP contribution < -0.4 is 5.73 Å². The van der Waals surface area contributed by atoms with Crippen molar-refractivity contribution in [1.82, 2.24) is 4.90 Å². The van der Waals surface area contributed by atoms with Crippen LogP contribution in [0.15, 0.2) is 0 Å². The van der Waals surface area contributed by atoms with Crippen molar-refractivity contribution >= 4 is 5.91 Å². The standard InChI is InChI=1S/C11H20N2O/c1-5-7-13(6-2)11(14)10(12)8-9(3)4/h1,9-10H,6-8,12H2,2-4H3. The maximum atomic E-state index is 11.7. The van der Waals surface area contributed by atoms with Crippen LogP contribution in [0.4, 0.5) is 0 Å². The third kappa shape index (κ3) is 4.29.